The first-order valence-corrected chi connectivity index (χ1v) is 9.10. The van der Waals surface area contributed by atoms with Gasteiger partial charge in [0.2, 0.25) is 11.8 Å². The number of hydrogen-bond donors (Lipinski definition) is 1. The van der Waals surface area contributed by atoms with Crippen molar-refractivity contribution in [3.05, 3.63) is 50.6 Å². The molecule has 1 heterocycles. The Morgan fingerprint density at radius 2 is 2.00 bits per heavy atom. The van der Waals surface area contributed by atoms with Gasteiger partial charge in [-0.3, -0.25) is 9.59 Å². The SMILES string of the molecule is CN(CC(=O)Nc1ccc(Cl)c(Cl)c1)C(=O)CCCc1cccs1. The minimum atomic E-state index is -0.275. The number of likely N-dealkylation sites (N-methyl/N-ethyl adjacent to an activating group) is 1. The van der Waals surface area contributed by atoms with Crippen LogP contribution in [0.2, 0.25) is 10.0 Å². The number of aryl methyl sites for hydroxylation is 1. The number of anilines is 1. The van der Waals surface area contributed by atoms with E-state index in [9.17, 15) is 9.59 Å². The fraction of sp³-hybridized carbons (Fsp3) is 0.294. The van der Waals surface area contributed by atoms with Crippen molar-refractivity contribution in [2.24, 2.45) is 0 Å². The van der Waals surface area contributed by atoms with E-state index in [4.69, 9.17) is 23.2 Å². The maximum absolute atomic E-state index is 12.1. The number of carbonyl (C=O) groups excluding carboxylic acids is 2. The van der Waals surface area contributed by atoms with Gasteiger partial charge < -0.3 is 10.2 Å². The van der Waals surface area contributed by atoms with Gasteiger partial charge in [-0.15, -0.1) is 11.3 Å². The van der Waals surface area contributed by atoms with Gasteiger partial charge >= 0.3 is 0 Å². The van der Waals surface area contributed by atoms with Gasteiger partial charge in [-0.2, -0.15) is 0 Å². The normalized spacial score (nSPS) is 10.5. The highest BCUT2D eigenvalue weighted by molar-refractivity contribution is 7.09. The van der Waals surface area contributed by atoms with Gasteiger partial charge in [0.25, 0.3) is 0 Å². The standard InChI is InChI=1S/C17H18Cl2N2O2S/c1-21(17(23)6-2-4-13-5-3-9-24-13)11-16(22)20-12-7-8-14(18)15(19)10-12/h3,5,7-10H,2,4,6,11H2,1H3,(H,20,22). The first kappa shape index (κ1) is 18.8. The van der Waals surface area contributed by atoms with Crippen molar-refractivity contribution in [2.75, 3.05) is 18.9 Å². The van der Waals surface area contributed by atoms with Gasteiger partial charge in [0.15, 0.2) is 0 Å². The predicted octanol–water partition coefficient (Wildman–Crippen LogP) is 4.47. The maximum atomic E-state index is 12.1. The van der Waals surface area contributed by atoms with Crippen LogP contribution in [0.3, 0.4) is 0 Å². The minimum absolute atomic E-state index is 0.00190. The zero-order valence-corrected chi connectivity index (χ0v) is 15.5. The molecule has 24 heavy (non-hydrogen) atoms. The molecule has 0 fully saturated rings. The van der Waals surface area contributed by atoms with E-state index in [-0.39, 0.29) is 18.4 Å². The fourth-order valence-electron chi connectivity index (χ4n) is 2.14. The van der Waals surface area contributed by atoms with Crippen molar-refractivity contribution < 1.29 is 9.59 Å². The van der Waals surface area contributed by atoms with Crippen LogP contribution in [0.5, 0.6) is 0 Å². The van der Waals surface area contributed by atoms with Gasteiger partial charge in [0, 0.05) is 24.0 Å². The molecule has 128 valence electrons. The van der Waals surface area contributed by atoms with Gasteiger partial charge in [-0.05, 0) is 42.5 Å². The molecule has 7 heteroatoms. The second kappa shape index (κ2) is 9.06. The van der Waals surface area contributed by atoms with Crippen molar-refractivity contribution in [2.45, 2.75) is 19.3 Å². The summed E-state index contributed by atoms with van der Waals surface area (Å²) in [5, 5.41) is 5.52. The lowest BCUT2D eigenvalue weighted by Crippen LogP contribution is -2.34. The molecule has 0 saturated carbocycles. The van der Waals surface area contributed by atoms with Crippen LogP contribution in [-0.4, -0.2) is 30.3 Å². The quantitative estimate of drug-likeness (QED) is 0.764. The van der Waals surface area contributed by atoms with E-state index < -0.39 is 0 Å². The Hall–Kier alpha value is -1.56. The highest BCUT2D eigenvalue weighted by atomic mass is 35.5. The van der Waals surface area contributed by atoms with Crippen molar-refractivity contribution in [1.29, 1.82) is 0 Å². The van der Waals surface area contributed by atoms with Gasteiger partial charge in [-0.1, -0.05) is 29.3 Å². The van der Waals surface area contributed by atoms with E-state index in [1.165, 1.54) is 9.78 Å². The van der Waals surface area contributed by atoms with E-state index in [0.717, 1.165) is 12.8 Å². The zero-order chi connectivity index (χ0) is 17.5. The van der Waals surface area contributed by atoms with Gasteiger partial charge in [0.05, 0.1) is 16.6 Å². The molecule has 1 aromatic carbocycles. The Morgan fingerprint density at radius 1 is 1.21 bits per heavy atom. The van der Waals surface area contributed by atoms with E-state index in [1.807, 2.05) is 11.4 Å². The summed E-state index contributed by atoms with van der Waals surface area (Å²) < 4.78 is 0. The summed E-state index contributed by atoms with van der Waals surface area (Å²) >= 11 is 13.4. The Morgan fingerprint density at radius 3 is 2.67 bits per heavy atom. The third-order valence-electron chi connectivity index (χ3n) is 3.40. The molecule has 1 aromatic heterocycles. The Balaban J connectivity index is 1.75. The van der Waals surface area contributed by atoms with Crippen LogP contribution in [0.15, 0.2) is 35.7 Å². The number of hydrogen-bond acceptors (Lipinski definition) is 3. The monoisotopic (exact) mass is 384 g/mol. The summed E-state index contributed by atoms with van der Waals surface area (Å²) in [6, 6.07) is 8.91. The molecular weight excluding hydrogens is 367 g/mol. The highest BCUT2D eigenvalue weighted by Crippen LogP contribution is 2.24. The number of thiophene rings is 1. The molecule has 0 atom stereocenters. The minimum Gasteiger partial charge on any atom is -0.336 e. The third-order valence-corrected chi connectivity index (χ3v) is 5.08. The van der Waals surface area contributed by atoms with Crippen LogP contribution in [0, 0.1) is 0 Å². The smallest absolute Gasteiger partial charge is 0.243 e. The average Bonchev–Trinajstić information content (AvgIpc) is 3.04. The molecule has 2 amide bonds. The van der Waals surface area contributed by atoms with E-state index in [0.29, 0.717) is 22.2 Å². The number of amides is 2. The summed E-state index contributed by atoms with van der Waals surface area (Å²) in [5.41, 5.74) is 0.549. The lowest BCUT2D eigenvalue weighted by atomic mass is 10.2. The fourth-order valence-corrected chi connectivity index (χ4v) is 3.19. The topological polar surface area (TPSA) is 49.4 Å². The molecule has 0 aliphatic rings. The lowest BCUT2D eigenvalue weighted by Gasteiger charge is -2.17. The number of benzene rings is 1. The summed E-state index contributed by atoms with van der Waals surface area (Å²) in [6.45, 7) is -0.00190. The number of rotatable bonds is 7. The molecule has 0 saturated heterocycles. The lowest BCUT2D eigenvalue weighted by molar-refractivity contribution is -0.133. The van der Waals surface area contributed by atoms with Crippen molar-refractivity contribution >= 4 is 52.0 Å². The van der Waals surface area contributed by atoms with E-state index >= 15 is 0 Å². The molecule has 2 aromatic rings. The van der Waals surface area contributed by atoms with E-state index in [2.05, 4.69) is 11.4 Å². The second-order valence-electron chi connectivity index (χ2n) is 5.36. The molecule has 0 bridgehead atoms. The molecular formula is C17H18Cl2N2O2S. The second-order valence-corrected chi connectivity index (χ2v) is 7.21. The Bertz CT molecular complexity index is 705. The van der Waals surface area contributed by atoms with Crippen LogP contribution < -0.4 is 5.32 Å². The first-order valence-electron chi connectivity index (χ1n) is 7.47. The van der Waals surface area contributed by atoms with Crippen LogP contribution in [0.25, 0.3) is 0 Å². The average molecular weight is 385 g/mol. The maximum Gasteiger partial charge on any atom is 0.243 e. The highest BCUT2D eigenvalue weighted by Gasteiger charge is 2.13. The van der Waals surface area contributed by atoms with Gasteiger partial charge in [-0.25, -0.2) is 0 Å². The third kappa shape index (κ3) is 5.82. The van der Waals surface area contributed by atoms with Crippen LogP contribution in [0.1, 0.15) is 17.7 Å². The van der Waals surface area contributed by atoms with E-state index in [1.54, 1.807) is 36.6 Å². The first-order chi connectivity index (χ1) is 11.5. The van der Waals surface area contributed by atoms with Crippen LogP contribution in [0.4, 0.5) is 5.69 Å². The number of nitrogens with one attached hydrogen (secondary N) is 1. The Kier molecular flexibility index (Phi) is 7.09. The predicted molar refractivity (Wildman–Crippen MR) is 100.0 cm³/mol. The summed E-state index contributed by atoms with van der Waals surface area (Å²) in [4.78, 5) is 26.8. The molecule has 0 aliphatic carbocycles. The molecule has 1 N–H and O–H groups in total. The molecule has 0 spiro atoms. The van der Waals surface area contributed by atoms with Crippen molar-refractivity contribution in [3.8, 4) is 0 Å². The number of halogens is 2. The van der Waals surface area contributed by atoms with Gasteiger partial charge in [0.1, 0.15) is 0 Å². The van der Waals surface area contributed by atoms with Crippen LogP contribution in [-0.2, 0) is 16.0 Å². The summed E-state index contributed by atoms with van der Waals surface area (Å²) in [6.07, 6.45) is 2.08. The molecule has 2 rings (SSSR count). The molecule has 0 radical (unpaired) electrons. The molecule has 0 aliphatic heterocycles. The van der Waals surface area contributed by atoms with Crippen LogP contribution >= 0.6 is 34.5 Å². The number of nitrogens with zero attached hydrogens (tertiary/aromatic N) is 1. The summed E-state index contributed by atoms with van der Waals surface area (Å²) in [7, 11) is 1.63. The van der Waals surface area contributed by atoms with Crippen molar-refractivity contribution in [3.63, 3.8) is 0 Å². The molecule has 4 nitrogen and oxygen atoms in total. The molecule has 0 unspecified atom stereocenters. The zero-order valence-electron chi connectivity index (χ0n) is 13.2. The largest absolute Gasteiger partial charge is 0.336 e. The van der Waals surface area contributed by atoms with Crippen molar-refractivity contribution in [1.82, 2.24) is 4.90 Å². The summed E-state index contributed by atoms with van der Waals surface area (Å²) in [5.74, 6) is -0.321. The Labute approximate surface area is 155 Å². The number of carbonyl (C=O) groups is 2.